The van der Waals surface area contributed by atoms with Crippen molar-refractivity contribution in [2.75, 3.05) is 0 Å². The van der Waals surface area contributed by atoms with Crippen LogP contribution in [0.5, 0.6) is 0 Å². The molecule has 0 aliphatic heterocycles. The molecule has 0 radical (unpaired) electrons. The zero-order chi connectivity index (χ0) is 12.6. The van der Waals surface area contributed by atoms with Gasteiger partial charge >= 0.3 is 0 Å². The summed E-state index contributed by atoms with van der Waals surface area (Å²) in [5.41, 5.74) is 3.24. The first kappa shape index (κ1) is 11.5. The first-order valence-electron chi connectivity index (χ1n) is 6.86. The molecular formula is C18H20. The lowest BCUT2D eigenvalue weighted by Crippen LogP contribution is -2.14. The molecule has 0 spiro atoms. The Hall–Kier alpha value is -1.56. The van der Waals surface area contributed by atoms with Crippen LogP contribution in [0.2, 0.25) is 0 Å². The van der Waals surface area contributed by atoms with Gasteiger partial charge in [0.15, 0.2) is 0 Å². The summed E-state index contributed by atoms with van der Waals surface area (Å²) < 4.78 is 0. The van der Waals surface area contributed by atoms with Crippen molar-refractivity contribution in [3.8, 4) is 0 Å². The predicted octanol–water partition coefficient (Wildman–Crippen LogP) is 4.65. The fourth-order valence-corrected chi connectivity index (χ4v) is 3.39. The van der Waals surface area contributed by atoms with Crippen LogP contribution in [-0.2, 0) is 5.41 Å². The molecule has 1 aliphatic carbocycles. The SMILES string of the molecule is CC(C)[C@H]1CC1(c1ccccc1)c1ccccc1. The highest BCUT2D eigenvalue weighted by molar-refractivity contribution is 5.47. The van der Waals surface area contributed by atoms with E-state index in [0.717, 1.165) is 11.8 Å². The number of benzene rings is 2. The molecule has 0 saturated heterocycles. The number of rotatable bonds is 3. The highest BCUT2D eigenvalue weighted by Crippen LogP contribution is 2.61. The summed E-state index contributed by atoms with van der Waals surface area (Å²) >= 11 is 0. The fraction of sp³-hybridized carbons (Fsp3) is 0.333. The molecule has 3 rings (SSSR count). The van der Waals surface area contributed by atoms with Crippen molar-refractivity contribution in [1.29, 1.82) is 0 Å². The highest BCUT2D eigenvalue weighted by atomic mass is 14.6. The molecule has 0 amide bonds. The molecule has 1 saturated carbocycles. The van der Waals surface area contributed by atoms with E-state index in [1.165, 1.54) is 17.5 Å². The topological polar surface area (TPSA) is 0 Å². The summed E-state index contributed by atoms with van der Waals surface area (Å²) in [4.78, 5) is 0. The van der Waals surface area contributed by atoms with Gasteiger partial charge in [0.2, 0.25) is 0 Å². The summed E-state index contributed by atoms with van der Waals surface area (Å²) in [5, 5.41) is 0. The van der Waals surface area contributed by atoms with Crippen molar-refractivity contribution in [3.63, 3.8) is 0 Å². The predicted molar refractivity (Wildman–Crippen MR) is 76.6 cm³/mol. The van der Waals surface area contributed by atoms with Gasteiger partial charge in [0.1, 0.15) is 0 Å². The van der Waals surface area contributed by atoms with Gasteiger partial charge < -0.3 is 0 Å². The average Bonchev–Trinajstić information content (AvgIpc) is 3.18. The number of hydrogen-bond donors (Lipinski definition) is 0. The van der Waals surface area contributed by atoms with Gasteiger partial charge in [-0.05, 0) is 29.4 Å². The molecule has 0 heteroatoms. The standard InChI is InChI=1S/C18H20/c1-14(2)17-13-18(17,15-9-5-3-6-10-15)16-11-7-4-8-12-16/h3-12,14,17H,13H2,1-2H3/t17-/m1/s1. The fourth-order valence-electron chi connectivity index (χ4n) is 3.39. The Morgan fingerprint density at radius 2 is 1.28 bits per heavy atom. The van der Waals surface area contributed by atoms with E-state index in [0.29, 0.717) is 0 Å². The lowest BCUT2D eigenvalue weighted by Gasteiger charge is -2.20. The van der Waals surface area contributed by atoms with Crippen molar-refractivity contribution < 1.29 is 0 Å². The second-order valence-corrected chi connectivity index (χ2v) is 5.76. The van der Waals surface area contributed by atoms with Crippen LogP contribution in [0.15, 0.2) is 60.7 Å². The third-order valence-electron chi connectivity index (χ3n) is 4.40. The van der Waals surface area contributed by atoms with Crippen molar-refractivity contribution in [2.24, 2.45) is 11.8 Å². The summed E-state index contributed by atoms with van der Waals surface area (Å²) in [7, 11) is 0. The Morgan fingerprint density at radius 3 is 1.61 bits per heavy atom. The van der Waals surface area contributed by atoms with Crippen molar-refractivity contribution >= 4 is 0 Å². The molecule has 1 atom stereocenters. The molecule has 0 heterocycles. The molecule has 0 nitrogen and oxygen atoms in total. The second kappa shape index (κ2) is 4.28. The molecule has 2 aromatic rings. The van der Waals surface area contributed by atoms with Gasteiger partial charge in [-0.3, -0.25) is 0 Å². The maximum atomic E-state index is 2.35. The smallest absolute Gasteiger partial charge is 0.0237 e. The van der Waals surface area contributed by atoms with E-state index in [1.807, 2.05) is 0 Å². The van der Waals surface area contributed by atoms with Crippen LogP contribution >= 0.6 is 0 Å². The summed E-state index contributed by atoms with van der Waals surface area (Å²) in [6, 6.07) is 22.0. The minimum Gasteiger partial charge on any atom is -0.0625 e. The van der Waals surface area contributed by atoms with Crippen molar-refractivity contribution in [2.45, 2.75) is 25.7 Å². The van der Waals surface area contributed by atoms with Gasteiger partial charge in [0.25, 0.3) is 0 Å². The monoisotopic (exact) mass is 236 g/mol. The maximum Gasteiger partial charge on any atom is 0.0237 e. The Labute approximate surface area is 110 Å². The molecule has 0 bridgehead atoms. The average molecular weight is 236 g/mol. The van der Waals surface area contributed by atoms with Gasteiger partial charge in [0.05, 0.1) is 0 Å². The van der Waals surface area contributed by atoms with Gasteiger partial charge in [-0.25, -0.2) is 0 Å². The molecule has 1 fully saturated rings. The van der Waals surface area contributed by atoms with Crippen LogP contribution in [0.4, 0.5) is 0 Å². The Kier molecular flexibility index (Phi) is 2.74. The molecule has 0 unspecified atom stereocenters. The van der Waals surface area contributed by atoms with E-state index < -0.39 is 0 Å². The third kappa shape index (κ3) is 1.68. The normalized spacial score (nSPS) is 20.9. The van der Waals surface area contributed by atoms with Crippen LogP contribution in [0.3, 0.4) is 0 Å². The van der Waals surface area contributed by atoms with E-state index in [2.05, 4.69) is 74.5 Å². The molecule has 18 heavy (non-hydrogen) atoms. The van der Waals surface area contributed by atoms with Crippen LogP contribution < -0.4 is 0 Å². The van der Waals surface area contributed by atoms with E-state index >= 15 is 0 Å². The first-order chi connectivity index (χ1) is 8.75. The van der Waals surface area contributed by atoms with Crippen LogP contribution in [0.25, 0.3) is 0 Å². The highest BCUT2D eigenvalue weighted by Gasteiger charge is 2.57. The first-order valence-corrected chi connectivity index (χ1v) is 6.86. The van der Waals surface area contributed by atoms with E-state index in [4.69, 9.17) is 0 Å². The van der Waals surface area contributed by atoms with Gasteiger partial charge in [-0.1, -0.05) is 74.5 Å². The van der Waals surface area contributed by atoms with Gasteiger partial charge in [0, 0.05) is 5.41 Å². The van der Waals surface area contributed by atoms with Gasteiger partial charge in [-0.15, -0.1) is 0 Å². The summed E-state index contributed by atoms with van der Waals surface area (Å²) in [6.07, 6.45) is 1.29. The van der Waals surface area contributed by atoms with Gasteiger partial charge in [-0.2, -0.15) is 0 Å². The molecular weight excluding hydrogens is 216 g/mol. The lowest BCUT2D eigenvalue weighted by atomic mass is 9.83. The molecule has 0 aromatic heterocycles. The Bertz CT molecular complexity index is 471. The maximum absolute atomic E-state index is 2.35. The van der Waals surface area contributed by atoms with E-state index in [1.54, 1.807) is 0 Å². The van der Waals surface area contributed by atoms with Crippen molar-refractivity contribution in [1.82, 2.24) is 0 Å². The summed E-state index contributed by atoms with van der Waals surface area (Å²) in [6.45, 7) is 4.69. The minimum absolute atomic E-state index is 0.274. The van der Waals surface area contributed by atoms with Crippen LogP contribution in [0.1, 0.15) is 31.4 Å². The largest absolute Gasteiger partial charge is 0.0625 e. The molecule has 2 aromatic carbocycles. The van der Waals surface area contributed by atoms with E-state index in [-0.39, 0.29) is 5.41 Å². The zero-order valence-electron chi connectivity index (χ0n) is 11.1. The Morgan fingerprint density at radius 1 is 0.833 bits per heavy atom. The minimum atomic E-state index is 0.274. The van der Waals surface area contributed by atoms with Crippen molar-refractivity contribution in [3.05, 3.63) is 71.8 Å². The van der Waals surface area contributed by atoms with E-state index in [9.17, 15) is 0 Å². The summed E-state index contributed by atoms with van der Waals surface area (Å²) in [5.74, 6) is 1.52. The molecule has 0 N–H and O–H groups in total. The van der Waals surface area contributed by atoms with Crippen LogP contribution in [-0.4, -0.2) is 0 Å². The lowest BCUT2D eigenvalue weighted by molar-refractivity contribution is 0.513. The molecule has 1 aliphatic rings. The second-order valence-electron chi connectivity index (χ2n) is 5.76. The Balaban J connectivity index is 2.08. The molecule has 92 valence electrons. The third-order valence-corrected chi connectivity index (χ3v) is 4.40. The number of hydrogen-bond acceptors (Lipinski definition) is 0. The van der Waals surface area contributed by atoms with Crippen LogP contribution in [0, 0.1) is 11.8 Å². The quantitative estimate of drug-likeness (QED) is 0.727. The zero-order valence-corrected chi connectivity index (χ0v) is 11.1.